The van der Waals surface area contributed by atoms with E-state index in [0.717, 1.165) is 23.5 Å². The van der Waals surface area contributed by atoms with E-state index in [1.807, 2.05) is 12.3 Å². The van der Waals surface area contributed by atoms with Crippen LogP contribution in [0, 0.1) is 24.7 Å². The molecule has 1 heterocycles. The van der Waals surface area contributed by atoms with Crippen molar-refractivity contribution >= 4 is 17.2 Å². The first-order valence-electron chi connectivity index (χ1n) is 7.58. The monoisotopic (exact) mass is 293 g/mol. The molecule has 110 valence electrons. The summed E-state index contributed by atoms with van der Waals surface area (Å²) in [7, 11) is 0. The molecule has 3 N–H and O–H groups in total. The predicted octanol–water partition coefficient (Wildman–Crippen LogP) is 2.22. The van der Waals surface area contributed by atoms with Gasteiger partial charge in [-0.05, 0) is 44.4 Å². The van der Waals surface area contributed by atoms with Crippen LogP contribution in [0.2, 0.25) is 0 Å². The average Bonchev–Trinajstić information content (AvgIpc) is 2.81. The largest absolute Gasteiger partial charge is 0.349 e. The number of nitrogens with one attached hydrogen (secondary N) is 1. The van der Waals surface area contributed by atoms with Crippen LogP contribution < -0.4 is 11.1 Å². The van der Waals surface area contributed by atoms with Crippen LogP contribution >= 0.6 is 11.3 Å². The fourth-order valence-corrected chi connectivity index (χ4v) is 4.51. The van der Waals surface area contributed by atoms with Gasteiger partial charge in [-0.2, -0.15) is 0 Å². The summed E-state index contributed by atoms with van der Waals surface area (Å²) >= 11 is 1.61. The number of thiazole rings is 1. The first-order chi connectivity index (χ1) is 9.63. The van der Waals surface area contributed by atoms with E-state index in [-0.39, 0.29) is 11.8 Å². The van der Waals surface area contributed by atoms with Gasteiger partial charge in [0.05, 0.1) is 6.54 Å². The van der Waals surface area contributed by atoms with Gasteiger partial charge in [-0.15, -0.1) is 11.3 Å². The highest BCUT2D eigenvalue weighted by Crippen LogP contribution is 2.41. The maximum atomic E-state index is 12.3. The van der Waals surface area contributed by atoms with Gasteiger partial charge in [0, 0.05) is 23.0 Å². The number of carbonyl (C=O) groups is 1. The van der Waals surface area contributed by atoms with Crippen LogP contribution in [0.3, 0.4) is 0 Å². The molecule has 2 atom stereocenters. The Balaban J connectivity index is 1.55. The van der Waals surface area contributed by atoms with E-state index in [4.69, 9.17) is 5.73 Å². The zero-order chi connectivity index (χ0) is 14.1. The second-order valence-corrected chi connectivity index (χ2v) is 7.24. The number of nitrogens with zero attached hydrogens (tertiary/aromatic N) is 1. The Morgan fingerprint density at radius 1 is 1.45 bits per heavy atom. The molecule has 1 aromatic rings. The van der Waals surface area contributed by atoms with E-state index < -0.39 is 0 Å². The van der Waals surface area contributed by atoms with Crippen molar-refractivity contribution in [3.8, 4) is 0 Å². The van der Waals surface area contributed by atoms with Crippen LogP contribution in [0.5, 0.6) is 0 Å². The van der Waals surface area contributed by atoms with Crippen molar-refractivity contribution < 1.29 is 4.79 Å². The molecule has 2 fully saturated rings. The fourth-order valence-electron chi connectivity index (χ4n) is 3.79. The summed E-state index contributed by atoms with van der Waals surface area (Å²) in [6, 6.07) is 0.328. The zero-order valence-electron chi connectivity index (χ0n) is 12.0. The number of nitrogens with two attached hydrogens (primary N) is 1. The van der Waals surface area contributed by atoms with Gasteiger partial charge in [0.1, 0.15) is 5.01 Å². The van der Waals surface area contributed by atoms with Gasteiger partial charge in [0.25, 0.3) is 0 Å². The summed E-state index contributed by atoms with van der Waals surface area (Å²) in [4.78, 5) is 16.7. The van der Waals surface area contributed by atoms with Crippen LogP contribution in [0.15, 0.2) is 5.38 Å². The summed E-state index contributed by atoms with van der Waals surface area (Å²) < 4.78 is 0. The molecule has 0 saturated heterocycles. The molecule has 5 heteroatoms. The van der Waals surface area contributed by atoms with Crippen molar-refractivity contribution in [1.82, 2.24) is 10.3 Å². The minimum atomic E-state index is 0.158. The molecule has 2 bridgehead atoms. The van der Waals surface area contributed by atoms with Crippen LogP contribution in [0.1, 0.15) is 42.8 Å². The number of rotatable bonds is 3. The summed E-state index contributed by atoms with van der Waals surface area (Å²) in [5.74, 6) is 1.47. The number of amides is 1. The molecule has 3 rings (SSSR count). The molecule has 2 aliphatic rings. The molecule has 2 saturated carbocycles. The fraction of sp³-hybridized carbons (Fsp3) is 0.733. The Morgan fingerprint density at radius 3 is 2.75 bits per heavy atom. The first kappa shape index (κ1) is 14.0. The maximum absolute atomic E-state index is 12.3. The number of hydrogen-bond acceptors (Lipinski definition) is 4. The lowest BCUT2D eigenvalue weighted by Crippen LogP contribution is -2.49. The highest BCUT2D eigenvalue weighted by molar-refractivity contribution is 7.09. The van der Waals surface area contributed by atoms with E-state index in [2.05, 4.69) is 10.3 Å². The number of aromatic nitrogens is 1. The van der Waals surface area contributed by atoms with E-state index in [1.54, 1.807) is 11.3 Å². The van der Waals surface area contributed by atoms with Gasteiger partial charge in [-0.1, -0.05) is 6.42 Å². The van der Waals surface area contributed by atoms with Crippen molar-refractivity contribution in [3.63, 3.8) is 0 Å². The molecule has 1 aromatic heterocycles. The second kappa shape index (κ2) is 5.82. The molecule has 2 aliphatic carbocycles. The Kier molecular flexibility index (Phi) is 4.08. The van der Waals surface area contributed by atoms with Gasteiger partial charge >= 0.3 is 0 Å². The third-order valence-electron chi connectivity index (χ3n) is 4.86. The van der Waals surface area contributed by atoms with Gasteiger partial charge in [-0.3, -0.25) is 4.79 Å². The standard InChI is InChI=1S/C15H23N3OS/c1-9-8-20-13(18-9)7-17-15(19)12-5-10-3-2-4-11(6-12)14(10)16/h8,10-12,14H,2-7,16H2,1H3,(H,17,19). The smallest absolute Gasteiger partial charge is 0.223 e. The third-order valence-corrected chi connectivity index (χ3v) is 5.83. The summed E-state index contributed by atoms with van der Waals surface area (Å²) in [5, 5.41) is 6.06. The molecule has 0 radical (unpaired) electrons. The predicted molar refractivity (Wildman–Crippen MR) is 80.2 cm³/mol. The molecule has 0 aliphatic heterocycles. The Labute approximate surface area is 124 Å². The van der Waals surface area contributed by atoms with Gasteiger partial charge < -0.3 is 11.1 Å². The van der Waals surface area contributed by atoms with Gasteiger partial charge in [0.2, 0.25) is 5.91 Å². The lowest BCUT2D eigenvalue weighted by atomic mass is 9.65. The molecule has 0 spiro atoms. The van der Waals surface area contributed by atoms with Gasteiger partial charge in [0.15, 0.2) is 0 Å². The Morgan fingerprint density at radius 2 is 2.15 bits per heavy atom. The number of fused-ring (bicyclic) bond motifs is 2. The van der Waals surface area contributed by atoms with E-state index in [0.29, 0.717) is 24.4 Å². The summed E-state index contributed by atoms with van der Waals surface area (Å²) in [6.07, 6.45) is 5.64. The highest BCUT2D eigenvalue weighted by Gasteiger charge is 2.40. The second-order valence-electron chi connectivity index (χ2n) is 6.30. The summed E-state index contributed by atoms with van der Waals surface area (Å²) in [6.45, 7) is 2.54. The highest BCUT2D eigenvalue weighted by atomic mass is 32.1. The topological polar surface area (TPSA) is 68.0 Å². The van der Waals surface area contributed by atoms with Crippen molar-refractivity contribution in [3.05, 3.63) is 16.1 Å². The molecular formula is C15H23N3OS. The Bertz CT molecular complexity index is 473. The number of aryl methyl sites for hydroxylation is 1. The SMILES string of the molecule is Cc1csc(CNC(=O)C2CC3CCCC(C2)C3N)n1. The number of carbonyl (C=O) groups excluding carboxylic acids is 1. The number of hydrogen-bond donors (Lipinski definition) is 2. The lowest BCUT2D eigenvalue weighted by Gasteiger charge is -2.43. The Hall–Kier alpha value is -0.940. The molecule has 20 heavy (non-hydrogen) atoms. The molecule has 2 unspecified atom stereocenters. The maximum Gasteiger partial charge on any atom is 0.223 e. The minimum absolute atomic E-state index is 0.158. The quantitative estimate of drug-likeness (QED) is 0.898. The van der Waals surface area contributed by atoms with E-state index >= 15 is 0 Å². The van der Waals surface area contributed by atoms with Gasteiger partial charge in [-0.25, -0.2) is 4.98 Å². The van der Waals surface area contributed by atoms with Crippen LogP contribution in [-0.4, -0.2) is 16.9 Å². The van der Waals surface area contributed by atoms with E-state index in [9.17, 15) is 4.79 Å². The normalized spacial score (nSPS) is 32.9. The zero-order valence-corrected chi connectivity index (χ0v) is 12.8. The van der Waals surface area contributed by atoms with Crippen molar-refractivity contribution in [2.24, 2.45) is 23.5 Å². The van der Waals surface area contributed by atoms with Crippen LogP contribution in [0.25, 0.3) is 0 Å². The van der Waals surface area contributed by atoms with Crippen LogP contribution in [0.4, 0.5) is 0 Å². The molecular weight excluding hydrogens is 270 g/mol. The van der Waals surface area contributed by atoms with Crippen molar-refractivity contribution in [2.75, 3.05) is 0 Å². The average molecular weight is 293 g/mol. The molecule has 0 aromatic carbocycles. The van der Waals surface area contributed by atoms with E-state index in [1.165, 1.54) is 19.3 Å². The minimum Gasteiger partial charge on any atom is -0.349 e. The lowest BCUT2D eigenvalue weighted by molar-refractivity contribution is -0.128. The van der Waals surface area contributed by atoms with Crippen molar-refractivity contribution in [2.45, 2.75) is 51.6 Å². The first-order valence-corrected chi connectivity index (χ1v) is 8.45. The van der Waals surface area contributed by atoms with Crippen LogP contribution in [-0.2, 0) is 11.3 Å². The molecule has 4 nitrogen and oxygen atoms in total. The molecule has 1 amide bonds. The third kappa shape index (κ3) is 2.88. The van der Waals surface area contributed by atoms with Crippen molar-refractivity contribution in [1.29, 1.82) is 0 Å². The summed E-state index contributed by atoms with van der Waals surface area (Å²) in [5.41, 5.74) is 7.30.